The van der Waals surface area contributed by atoms with Gasteiger partial charge in [-0.1, -0.05) is 37.1 Å². The van der Waals surface area contributed by atoms with Crippen molar-refractivity contribution in [1.29, 1.82) is 0 Å². The van der Waals surface area contributed by atoms with E-state index in [0.717, 1.165) is 58.7 Å². The second kappa shape index (κ2) is 10.9. The molecule has 4 rings (SSSR count). The fraction of sp³-hybridized carbons (Fsp3) is 0.321. The number of methoxy groups -OCH3 is 1. The number of halogens is 1. The number of hydrogen-bond donors (Lipinski definition) is 0. The first kappa shape index (κ1) is 24.0. The van der Waals surface area contributed by atoms with Gasteiger partial charge in [-0.05, 0) is 37.8 Å². The molecule has 1 aromatic heterocycles. The van der Waals surface area contributed by atoms with Crippen LogP contribution in [0, 0.1) is 5.92 Å². The highest BCUT2D eigenvalue weighted by molar-refractivity contribution is 6.22. The molecule has 1 aromatic rings. The number of allylic oxidation sites excluding steroid dienone is 4. The average molecular weight is 476 g/mol. The van der Waals surface area contributed by atoms with Crippen molar-refractivity contribution in [2.24, 2.45) is 10.9 Å². The minimum atomic E-state index is -0.0786. The SMILES string of the molecule is C=CN1C2=CCC(Cl)C=C2C2=NC=C=C(COC)C(C2)C/C1=C(\COc1ccccn1)C(=C)C. The monoisotopic (exact) mass is 475 g/mol. The van der Waals surface area contributed by atoms with Crippen molar-refractivity contribution in [3.63, 3.8) is 0 Å². The Morgan fingerprint density at radius 3 is 2.91 bits per heavy atom. The number of fused-ring (bicyclic) bond motifs is 4. The largest absolute Gasteiger partial charge is 0.473 e. The summed E-state index contributed by atoms with van der Waals surface area (Å²) in [6.45, 7) is 11.3. The molecule has 2 unspecified atom stereocenters. The molecule has 6 heteroatoms. The minimum absolute atomic E-state index is 0.0786. The molecular formula is C28H30ClN3O2. The van der Waals surface area contributed by atoms with Gasteiger partial charge in [-0.15, -0.1) is 11.6 Å². The van der Waals surface area contributed by atoms with E-state index in [9.17, 15) is 0 Å². The lowest BCUT2D eigenvalue weighted by Crippen LogP contribution is -2.31. The number of likely N-dealkylation sites (tertiary alicyclic amines) is 1. The Balaban J connectivity index is 1.85. The summed E-state index contributed by atoms with van der Waals surface area (Å²) in [6.07, 6.45) is 11.9. The Labute approximate surface area is 206 Å². The Kier molecular flexibility index (Phi) is 7.69. The van der Waals surface area contributed by atoms with Crippen LogP contribution < -0.4 is 4.74 Å². The molecule has 5 nitrogen and oxygen atoms in total. The predicted molar refractivity (Wildman–Crippen MR) is 138 cm³/mol. The Hall–Kier alpha value is -3.11. The number of aromatic nitrogens is 1. The van der Waals surface area contributed by atoms with Crippen LogP contribution in [0.3, 0.4) is 0 Å². The molecular weight excluding hydrogens is 446 g/mol. The minimum Gasteiger partial charge on any atom is -0.473 e. The van der Waals surface area contributed by atoms with Crippen molar-refractivity contribution in [2.75, 3.05) is 20.3 Å². The number of rotatable bonds is 7. The summed E-state index contributed by atoms with van der Waals surface area (Å²) >= 11 is 6.56. The van der Waals surface area contributed by atoms with Gasteiger partial charge in [-0.3, -0.25) is 4.99 Å². The molecule has 2 bridgehead atoms. The normalized spacial score (nSPS) is 23.2. The Morgan fingerprint density at radius 2 is 2.21 bits per heavy atom. The van der Waals surface area contributed by atoms with Crippen LogP contribution in [0.15, 0.2) is 107 Å². The van der Waals surface area contributed by atoms with E-state index in [1.54, 1.807) is 19.5 Å². The zero-order valence-electron chi connectivity index (χ0n) is 19.8. The molecule has 2 aliphatic heterocycles. The topological polar surface area (TPSA) is 47.0 Å². The third-order valence-corrected chi connectivity index (χ3v) is 6.52. The smallest absolute Gasteiger partial charge is 0.213 e. The maximum Gasteiger partial charge on any atom is 0.213 e. The van der Waals surface area contributed by atoms with Gasteiger partial charge in [-0.2, -0.15) is 0 Å². The standard InChI is InChI=1S/C28H30ClN3O2/c1-5-32-26-10-9-22(29)16-23(26)25-14-21(20(17-33-4)11-13-30-25)15-27(32)24(19(2)3)18-34-28-8-6-7-12-31-28/h5-8,10,12-13,16,21-22H,1-2,9,14-15,17-18H2,3-4H3/b27-24-. The molecule has 34 heavy (non-hydrogen) atoms. The molecule has 0 spiro atoms. The third-order valence-electron chi connectivity index (χ3n) is 6.21. The molecule has 1 fully saturated rings. The van der Waals surface area contributed by atoms with Crippen LogP contribution in [-0.4, -0.2) is 41.3 Å². The van der Waals surface area contributed by atoms with Gasteiger partial charge in [0.2, 0.25) is 5.88 Å². The fourth-order valence-electron chi connectivity index (χ4n) is 4.54. The number of alkyl halides is 1. The van der Waals surface area contributed by atoms with E-state index in [1.807, 2.05) is 31.3 Å². The molecule has 0 aromatic carbocycles. The van der Waals surface area contributed by atoms with Gasteiger partial charge in [0.1, 0.15) is 6.61 Å². The first-order valence-electron chi connectivity index (χ1n) is 11.4. The van der Waals surface area contributed by atoms with Crippen LogP contribution in [0.5, 0.6) is 5.88 Å². The van der Waals surface area contributed by atoms with E-state index in [4.69, 9.17) is 26.1 Å². The van der Waals surface area contributed by atoms with Crippen molar-refractivity contribution >= 4 is 17.3 Å². The quantitative estimate of drug-likeness (QED) is 0.352. The third kappa shape index (κ3) is 5.18. The zero-order valence-corrected chi connectivity index (χ0v) is 20.5. The molecule has 3 aliphatic rings. The maximum atomic E-state index is 6.56. The Bertz CT molecular complexity index is 1150. The van der Waals surface area contributed by atoms with Crippen LogP contribution >= 0.6 is 11.6 Å². The summed E-state index contributed by atoms with van der Waals surface area (Å²) in [7, 11) is 1.71. The van der Waals surface area contributed by atoms with Gasteiger partial charge in [0.25, 0.3) is 0 Å². The molecule has 1 saturated heterocycles. The number of ether oxygens (including phenoxy) is 2. The molecule has 1 aliphatic carbocycles. The lowest BCUT2D eigenvalue weighted by molar-refractivity contribution is 0.215. The van der Waals surface area contributed by atoms with Crippen LogP contribution in [0.1, 0.15) is 26.2 Å². The number of nitrogens with zero attached hydrogens (tertiary/aromatic N) is 3. The number of pyridine rings is 1. The van der Waals surface area contributed by atoms with E-state index in [-0.39, 0.29) is 11.3 Å². The summed E-state index contributed by atoms with van der Waals surface area (Å²) in [5.41, 5.74) is 10.6. The summed E-state index contributed by atoms with van der Waals surface area (Å²) in [6, 6.07) is 5.64. The second-order valence-electron chi connectivity index (χ2n) is 8.55. The van der Waals surface area contributed by atoms with E-state index >= 15 is 0 Å². The molecule has 0 radical (unpaired) electrons. The first-order valence-corrected chi connectivity index (χ1v) is 11.8. The molecule has 0 N–H and O–H groups in total. The molecule has 2 atom stereocenters. The highest BCUT2D eigenvalue weighted by atomic mass is 35.5. The van der Waals surface area contributed by atoms with Gasteiger partial charge in [0.15, 0.2) is 0 Å². The average Bonchev–Trinajstić information content (AvgIpc) is 3.03. The number of aliphatic imine (C=N–C) groups is 1. The molecule has 3 heterocycles. The highest BCUT2D eigenvalue weighted by Gasteiger charge is 2.33. The first-order chi connectivity index (χ1) is 16.5. The highest BCUT2D eigenvalue weighted by Crippen LogP contribution is 2.40. The van der Waals surface area contributed by atoms with Crippen LogP contribution in [0.4, 0.5) is 0 Å². The summed E-state index contributed by atoms with van der Waals surface area (Å²) in [4.78, 5) is 11.2. The molecule has 0 saturated carbocycles. The van der Waals surface area contributed by atoms with E-state index in [2.05, 4.69) is 40.9 Å². The van der Waals surface area contributed by atoms with Crippen molar-refractivity contribution in [3.8, 4) is 5.88 Å². The van der Waals surface area contributed by atoms with E-state index in [1.165, 1.54) is 0 Å². The predicted octanol–water partition coefficient (Wildman–Crippen LogP) is 6.11. The van der Waals surface area contributed by atoms with E-state index in [0.29, 0.717) is 19.1 Å². The summed E-state index contributed by atoms with van der Waals surface area (Å²) < 4.78 is 11.6. The van der Waals surface area contributed by atoms with Crippen LogP contribution in [0.25, 0.3) is 0 Å². The zero-order chi connectivity index (χ0) is 24.1. The van der Waals surface area contributed by atoms with Crippen LogP contribution in [-0.2, 0) is 4.74 Å². The fourth-order valence-corrected chi connectivity index (χ4v) is 4.75. The maximum absolute atomic E-state index is 6.56. The summed E-state index contributed by atoms with van der Waals surface area (Å²) in [5, 5.41) is -0.0786. The summed E-state index contributed by atoms with van der Waals surface area (Å²) in [5.74, 6) is 0.726. The van der Waals surface area contributed by atoms with Gasteiger partial charge in [0, 0.05) is 53.9 Å². The van der Waals surface area contributed by atoms with Crippen molar-refractivity contribution < 1.29 is 9.47 Å². The lowest BCUT2D eigenvalue weighted by atomic mass is 9.82. The lowest BCUT2D eigenvalue weighted by Gasteiger charge is -2.37. The molecule has 176 valence electrons. The van der Waals surface area contributed by atoms with Gasteiger partial charge in [0.05, 0.1) is 29.6 Å². The Morgan fingerprint density at radius 1 is 1.35 bits per heavy atom. The number of hydrogen-bond acceptors (Lipinski definition) is 5. The van der Waals surface area contributed by atoms with Gasteiger partial charge in [-0.25, -0.2) is 4.98 Å². The van der Waals surface area contributed by atoms with Gasteiger partial charge >= 0.3 is 0 Å². The van der Waals surface area contributed by atoms with Crippen molar-refractivity contribution in [3.05, 3.63) is 102 Å². The van der Waals surface area contributed by atoms with Crippen LogP contribution in [0.2, 0.25) is 0 Å². The van der Waals surface area contributed by atoms with Crippen molar-refractivity contribution in [2.45, 2.75) is 31.6 Å². The second-order valence-corrected chi connectivity index (χ2v) is 9.11. The van der Waals surface area contributed by atoms with E-state index < -0.39 is 0 Å². The molecule has 0 amide bonds. The van der Waals surface area contributed by atoms with Gasteiger partial charge < -0.3 is 14.4 Å². The van der Waals surface area contributed by atoms with Crippen molar-refractivity contribution in [1.82, 2.24) is 9.88 Å².